The number of unbranched alkanes of at least 4 members (excludes halogenated alkanes) is 1. The molecule has 3 aromatic heterocycles. The van der Waals surface area contributed by atoms with Crippen LogP contribution in [0.1, 0.15) is 25.5 Å². The van der Waals surface area contributed by atoms with Gasteiger partial charge in [0.1, 0.15) is 5.69 Å². The van der Waals surface area contributed by atoms with Crippen molar-refractivity contribution in [3.05, 3.63) is 22.7 Å². The van der Waals surface area contributed by atoms with Crippen molar-refractivity contribution in [2.24, 2.45) is 0 Å². The van der Waals surface area contributed by atoms with Gasteiger partial charge in [0.15, 0.2) is 10.1 Å². The molecule has 0 bridgehead atoms. The second kappa shape index (κ2) is 5.30. The maximum absolute atomic E-state index is 4.67. The van der Waals surface area contributed by atoms with E-state index in [-0.39, 0.29) is 0 Å². The zero-order chi connectivity index (χ0) is 13.2. The fourth-order valence-electron chi connectivity index (χ4n) is 2.04. The third-order valence-corrected chi connectivity index (χ3v) is 4.55. The van der Waals surface area contributed by atoms with Gasteiger partial charge in [0.2, 0.25) is 0 Å². The Balaban J connectivity index is 1.89. The molecule has 0 saturated heterocycles. The van der Waals surface area contributed by atoms with Gasteiger partial charge in [-0.2, -0.15) is 0 Å². The summed E-state index contributed by atoms with van der Waals surface area (Å²) in [5.41, 5.74) is 3.15. The second-order valence-electron chi connectivity index (χ2n) is 4.42. The molecule has 0 fully saturated rings. The molecule has 0 aromatic carbocycles. The zero-order valence-electron chi connectivity index (χ0n) is 11.0. The van der Waals surface area contributed by atoms with Gasteiger partial charge >= 0.3 is 0 Å². The van der Waals surface area contributed by atoms with Crippen molar-refractivity contribution in [1.29, 1.82) is 0 Å². The monoisotopic (exact) mass is 292 g/mol. The van der Waals surface area contributed by atoms with Crippen LogP contribution in [-0.4, -0.2) is 20.9 Å². The van der Waals surface area contributed by atoms with Crippen LogP contribution >= 0.6 is 22.7 Å². The van der Waals surface area contributed by atoms with Crippen LogP contribution in [0, 0.1) is 6.92 Å². The Hall–Kier alpha value is -1.40. The summed E-state index contributed by atoms with van der Waals surface area (Å²) in [6, 6.07) is 0. The third kappa shape index (κ3) is 2.37. The van der Waals surface area contributed by atoms with Gasteiger partial charge in [-0.25, -0.2) is 9.97 Å². The third-order valence-electron chi connectivity index (χ3n) is 2.99. The summed E-state index contributed by atoms with van der Waals surface area (Å²) in [5.74, 6) is 0. The van der Waals surface area contributed by atoms with Gasteiger partial charge in [0.05, 0.1) is 11.4 Å². The van der Waals surface area contributed by atoms with Crippen LogP contribution in [0.4, 0.5) is 5.13 Å². The second-order valence-corrected chi connectivity index (χ2v) is 6.15. The fourth-order valence-corrected chi connectivity index (χ4v) is 3.52. The molecule has 0 aliphatic rings. The average Bonchev–Trinajstić information content (AvgIpc) is 3.05. The molecular weight excluding hydrogens is 276 g/mol. The highest BCUT2D eigenvalue weighted by atomic mass is 32.1. The lowest BCUT2D eigenvalue weighted by Gasteiger charge is -1.99. The van der Waals surface area contributed by atoms with Crippen molar-refractivity contribution in [2.45, 2.75) is 26.7 Å². The molecule has 19 heavy (non-hydrogen) atoms. The van der Waals surface area contributed by atoms with Crippen molar-refractivity contribution >= 4 is 32.8 Å². The van der Waals surface area contributed by atoms with Crippen LogP contribution in [-0.2, 0) is 0 Å². The summed E-state index contributed by atoms with van der Waals surface area (Å²) in [7, 11) is 0. The van der Waals surface area contributed by atoms with E-state index in [1.807, 2.05) is 6.92 Å². The Kier molecular flexibility index (Phi) is 3.52. The topological polar surface area (TPSA) is 42.2 Å². The van der Waals surface area contributed by atoms with E-state index in [0.29, 0.717) is 0 Å². The fraction of sp³-hybridized carbons (Fsp3) is 0.385. The number of fused-ring (bicyclic) bond motifs is 1. The smallest absolute Gasteiger partial charge is 0.194 e. The van der Waals surface area contributed by atoms with Crippen molar-refractivity contribution in [1.82, 2.24) is 14.4 Å². The Labute approximate surface area is 120 Å². The molecular formula is C13H16N4S2. The van der Waals surface area contributed by atoms with Crippen molar-refractivity contribution in [2.75, 3.05) is 11.9 Å². The highest BCUT2D eigenvalue weighted by molar-refractivity contribution is 7.15. The summed E-state index contributed by atoms with van der Waals surface area (Å²) in [6.45, 7) is 5.22. The molecule has 0 aliphatic heterocycles. The molecule has 0 aliphatic carbocycles. The van der Waals surface area contributed by atoms with Gasteiger partial charge in [-0.05, 0) is 13.3 Å². The molecule has 3 heterocycles. The van der Waals surface area contributed by atoms with E-state index < -0.39 is 0 Å². The number of rotatable bonds is 5. The number of hydrogen-bond acceptors (Lipinski definition) is 5. The SMILES string of the molecule is CCCCNc1nc(-c2c(C)nc3sccn23)cs1. The molecule has 0 atom stereocenters. The first-order valence-corrected chi connectivity index (χ1v) is 8.17. The highest BCUT2D eigenvalue weighted by Gasteiger charge is 2.14. The Morgan fingerprint density at radius 2 is 2.21 bits per heavy atom. The Morgan fingerprint density at radius 3 is 3.05 bits per heavy atom. The maximum Gasteiger partial charge on any atom is 0.194 e. The minimum absolute atomic E-state index is 0.989. The first kappa shape index (κ1) is 12.6. The molecule has 3 rings (SSSR count). The lowest BCUT2D eigenvalue weighted by molar-refractivity contribution is 0.833. The number of thiazole rings is 2. The molecule has 3 aromatic rings. The molecule has 0 spiro atoms. The van der Waals surface area contributed by atoms with Gasteiger partial charge in [0.25, 0.3) is 0 Å². The molecule has 0 radical (unpaired) electrons. The number of imidazole rings is 1. The molecule has 100 valence electrons. The minimum atomic E-state index is 0.989. The molecule has 0 unspecified atom stereocenters. The van der Waals surface area contributed by atoms with Gasteiger partial charge in [0, 0.05) is 23.5 Å². The predicted octanol–water partition coefficient (Wildman–Crippen LogP) is 4.04. The van der Waals surface area contributed by atoms with E-state index >= 15 is 0 Å². The largest absolute Gasteiger partial charge is 0.362 e. The number of hydrogen-bond donors (Lipinski definition) is 1. The van der Waals surface area contributed by atoms with Crippen LogP contribution in [0.15, 0.2) is 17.0 Å². The summed E-state index contributed by atoms with van der Waals surface area (Å²) < 4.78 is 2.12. The number of nitrogens with zero attached hydrogens (tertiary/aromatic N) is 3. The summed E-state index contributed by atoms with van der Waals surface area (Å²) in [5, 5.41) is 8.52. The zero-order valence-corrected chi connectivity index (χ0v) is 12.6. The normalized spacial score (nSPS) is 11.3. The Morgan fingerprint density at radius 1 is 1.32 bits per heavy atom. The van der Waals surface area contributed by atoms with Crippen LogP contribution in [0.5, 0.6) is 0 Å². The van der Waals surface area contributed by atoms with Crippen molar-refractivity contribution in [3.63, 3.8) is 0 Å². The molecule has 1 N–H and O–H groups in total. The van der Waals surface area contributed by atoms with Crippen LogP contribution in [0.3, 0.4) is 0 Å². The Bertz CT molecular complexity index is 680. The van der Waals surface area contributed by atoms with Gasteiger partial charge in [-0.1, -0.05) is 13.3 Å². The number of anilines is 1. The highest BCUT2D eigenvalue weighted by Crippen LogP contribution is 2.29. The van der Waals surface area contributed by atoms with E-state index in [4.69, 9.17) is 0 Å². The van der Waals surface area contributed by atoms with Crippen LogP contribution in [0.2, 0.25) is 0 Å². The van der Waals surface area contributed by atoms with Gasteiger partial charge < -0.3 is 5.32 Å². The summed E-state index contributed by atoms with van der Waals surface area (Å²) in [4.78, 5) is 10.3. The van der Waals surface area contributed by atoms with E-state index in [0.717, 1.165) is 33.7 Å². The van der Waals surface area contributed by atoms with E-state index in [1.54, 1.807) is 22.7 Å². The van der Waals surface area contributed by atoms with Crippen LogP contribution < -0.4 is 5.32 Å². The van der Waals surface area contributed by atoms with E-state index in [2.05, 4.69) is 43.6 Å². The predicted molar refractivity (Wildman–Crippen MR) is 82.3 cm³/mol. The number of aryl methyl sites for hydroxylation is 1. The van der Waals surface area contributed by atoms with Gasteiger partial charge in [-0.3, -0.25) is 4.40 Å². The molecule has 0 saturated carbocycles. The number of nitrogens with one attached hydrogen (secondary N) is 1. The minimum Gasteiger partial charge on any atom is -0.362 e. The molecule has 4 nitrogen and oxygen atoms in total. The van der Waals surface area contributed by atoms with Crippen molar-refractivity contribution < 1.29 is 0 Å². The first-order chi connectivity index (χ1) is 9.29. The average molecular weight is 292 g/mol. The lowest BCUT2D eigenvalue weighted by Crippen LogP contribution is -2.00. The van der Waals surface area contributed by atoms with Crippen LogP contribution in [0.25, 0.3) is 16.3 Å². The lowest BCUT2D eigenvalue weighted by atomic mass is 10.3. The van der Waals surface area contributed by atoms with E-state index in [1.165, 1.54) is 12.8 Å². The standard InChI is InChI=1S/C13H16N4S2/c1-3-4-5-14-12-16-10(8-19-12)11-9(2)15-13-17(11)6-7-18-13/h6-8H,3-5H2,1-2H3,(H,14,16). The first-order valence-electron chi connectivity index (χ1n) is 6.41. The number of aromatic nitrogens is 3. The van der Waals surface area contributed by atoms with Crippen molar-refractivity contribution in [3.8, 4) is 11.4 Å². The molecule has 6 heteroatoms. The summed E-state index contributed by atoms with van der Waals surface area (Å²) >= 11 is 3.31. The quantitative estimate of drug-likeness (QED) is 0.722. The van der Waals surface area contributed by atoms with E-state index in [9.17, 15) is 0 Å². The maximum atomic E-state index is 4.67. The summed E-state index contributed by atoms with van der Waals surface area (Å²) in [6.07, 6.45) is 4.43. The molecule has 0 amide bonds. The van der Waals surface area contributed by atoms with Gasteiger partial charge in [-0.15, -0.1) is 22.7 Å².